The van der Waals surface area contributed by atoms with E-state index >= 15 is 0 Å². The first kappa shape index (κ1) is 15.2. The monoisotopic (exact) mass is 283 g/mol. The van der Waals surface area contributed by atoms with Gasteiger partial charge in [0.2, 0.25) is 10.0 Å². The van der Waals surface area contributed by atoms with Gasteiger partial charge in [0, 0.05) is 25.6 Å². The summed E-state index contributed by atoms with van der Waals surface area (Å²) in [6.45, 7) is 5.66. The fourth-order valence-corrected chi connectivity index (χ4v) is 4.08. The van der Waals surface area contributed by atoms with Gasteiger partial charge in [-0.25, -0.2) is 12.7 Å². The molecule has 1 heterocycles. The summed E-state index contributed by atoms with van der Waals surface area (Å²) >= 11 is 5.66. The number of nitrogens with zero attached hydrogens (tertiary/aromatic N) is 1. The Morgan fingerprint density at radius 2 is 2.00 bits per heavy atom. The van der Waals surface area contributed by atoms with Crippen LogP contribution in [0.4, 0.5) is 0 Å². The Balaban J connectivity index is 2.47. The van der Waals surface area contributed by atoms with E-state index in [9.17, 15) is 8.42 Å². The smallest absolute Gasteiger partial charge is 0.214 e. The molecule has 17 heavy (non-hydrogen) atoms. The van der Waals surface area contributed by atoms with Crippen LogP contribution in [0.5, 0.6) is 0 Å². The van der Waals surface area contributed by atoms with Crippen molar-refractivity contribution >= 4 is 21.6 Å². The minimum atomic E-state index is -3.14. The van der Waals surface area contributed by atoms with Gasteiger partial charge < -0.3 is 4.74 Å². The molecule has 0 amide bonds. The van der Waals surface area contributed by atoms with Crippen LogP contribution in [-0.4, -0.2) is 50.2 Å². The Kier molecular flexibility index (Phi) is 6.20. The first-order chi connectivity index (χ1) is 7.99. The summed E-state index contributed by atoms with van der Waals surface area (Å²) in [7, 11) is -3.14. The summed E-state index contributed by atoms with van der Waals surface area (Å²) in [5, 5.41) is 0. The van der Waals surface area contributed by atoms with E-state index in [1.165, 1.54) is 0 Å². The van der Waals surface area contributed by atoms with Gasteiger partial charge in [0.1, 0.15) is 0 Å². The molecule has 1 atom stereocenters. The molecule has 0 aliphatic carbocycles. The Hall–Kier alpha value is 0.160. The number of hydrogen-bond acceptors (Lipinski definition) is 3. The number of piperidine rings is 1. The highest BCUT2D eigenvalue weighted by atomic mass is 35.5. The van der Waals surface area contributed by atoms with Gasteiger partial charge >= 0.3 is 0 Å². The Morgan fingerprint density at radius 1 is 1.41 bits per heavy atom. The van der Waals surface area contributed by atoms with Crippen molar-refractivity contribution in [1.29, 1.82) is 0 Å². The van der Waals surface area contributed by atoms with Crippen molar-refractivity contribution < 1.29 is 13.2 Å². The van der Waals surface area contributed by atoms with E-state index in [2.05, 4.69) is 0 Å². The van der Waals surface area contributed by atoms with E-state index < -0.39 is 10.0 Å². The molecule has 0 N–H and O–H groups in total. The van der Waals surface area contributed by atoms with Crippen molar-refractivity contribution in [2.24, 2.45) is 5.92 Å². The third-order valence-electron chi connectivity index (χ3n) is 2.96. The van der Waals surface area contributed by atoms with Crippen LogP contribution in [0.2, 0.25) is 0 Å². The molecule has 0 aromatic heterocycles. The lowest BCUT2D eigenvalue weighted by Gasteiger charge is -2.31. The predicted octanol–water partition coefficient (Wildman–Crippen LogP) is 1.69. The van der Waals surface area contributed by atoms with E-state index in [1.54, 1.807) is 4.31 Å². The fraction of sp³-hybridized carbons (Fsp3) is 1.00. The van der Waals surface area contributed by atoms with Crippen LogP contribution < -0.4 is 0 Å². The molecule has 1 rings (SSSR count). The van der Waals surface area contributed by atoms with Gasteiger partial charge in [-0.05, 0) is 25.7 Å². The maximum Gasteiger partial charge on any atom is 0.214 e. The van der Waals surface area contributed by atoms with Gasteiger partial charge in [-0.3, -0.25) is 0 Å². The molecule has 102 valence electrons. The van der Waals surface area contributed by atoms with E-state index in [-0.39, 0.29) is 17.8 Å². The average Bonchev–Trinajstić information content (AvgIpc) is 2.29. The van der Waals surface area contributed by atoms with Crippen molar-refractivity contribution in [3.8, 4) is 0 Å². The zero-order valence-corrected chi connectivity index (χ0v) is 12.1. The molecule has 1 unspecified atom stereocenters. The lowest BCUT2D eigenvalue weighted by Crippen LogP contribution is -2.42. The second-order valence-electron chi connectivity index (χ2n) is 4.59. The molecule has 1 fully saturated rings. The topological polar surface area (TPSA) is 46.6 Å². The van der Waals surface area contributed by atoms with Crippen LogP contribution in [0.3, 0.4) is 0 Å². The molecule has 0 saturated carbocycles. The quantitative estimate of drug-likeness (QED) is 0.697. The van der Waals surface area contributed by atoms with Crippen molar-refractivity contribution in [3.63, 3.8) is 0 Å². The van der Waals surface area contributed by atoms with Crippen molar-refractivity contribution in [2.75, 3.05) is 31.3 Å². The van der Waals surface area contributed by atoms with E-state index in [0.29, 0.717) is 25.6 Å². The molecule has 1 aliphatic heterocycles. The molecule has 0 aromatic rings. The fourth-order valence-electron chi connectivity index (χ4n) is 2.02. The number of sulfonamides is 1. The van der Waals surface area contributed by atoms with Crippen molar-refractivity contribution in [2.45, 2.75) is 32.8 Å². The first-order valence-corrected chi connectivity index (χ1v) is 8.29. The second-order valence-corrected chi connectivity index (χ2v) is 6.91. The van der Waals surface area contributed by atoms with Crippen LogP contribution in [0.15, 0.2) is 0 Å². The molecule has 1 aliphatic rings. The van der Waals surface area contributed by atoms with Gasteiger partial charge in [0.15, 0.2) is 0 Å². The van der Waals surface area contributed by atoms with Crippen molar-refractivity contribution in [3.05, 3.63) is 0 Å². The summed E-state index contributed by atoms with van der Waals surface area (Å²) in [6, 6.07) is 0. The SMILES string of the molecule is CCOC1CCN(S(=O)(=O)CC(C)CCl)CC1. The van der Waals surface area contributed by atoms with Gasteiger partial charge in [0.05, 0.1) is 11.9 Å². The standard InChI is InChI=1S/C11H22ClNO3S/c1-3-16-11-4-6-13(7-5-11)17(14,15)9-10(2)8-12/h10-11H,3-9H2,1-2H3. The number of ether oxygens (including phenoxy) is 1. The lowest BCUT2D eigenvalue weighted by atomic mass is 10.1. The zero-order valence-electron chi connectivity index (χ0n) is 10.6. The Bertz CT molecular complexity index is 313. The lowest BCUT2D eigenvalue weighted by molar-refractivity contribution is 0.0290. The molecular weight excluding hydrogens is 262 g/mol. The van der Waals surface area contributed by atoms with Crippen LogP contribution in [-0.2, 0) is 14.8 Å². The first-order valence-electron chi connectivity index (χ1n) is 6.15. The number of alkyl halides is 1. The van der Waals surface area contributed by atoms with Crippen molar-refractivity contribution in [1.82, 2.24) is 4.31 Å². The molecule has 4 nitrogen and oxygen atoms in total. The van der Waals surface area contributed by atoms with Gasteiger partial charge in [-0.1, -0.05) is 6.92 Å². The van der Waals surface area contributed by atoms with E-state index in [4.69, 9.17) is 16.3 Å². The third kappa shape index (κ3) is 4.73. The zero-order chi connectivity index (χ0) is 12.9. The molecule has 0 radical (unpaired) electrons. The summed E-state index contributed by atoms with van der Waals surface area (Å²) in [5.74, 6) is 0.538. The van der Waals surface area contributed by atoms with Gasteiger partial charge in [-0.15, -0.1) is 11.6 Å². The second kappa shape index (κ2) is 6.92. The summed E-state index contributed by atoms with van der Waals surface area (Å²) < 4.78 is 31.2. The van der Waals surface area contributed by atoms with Gasteiger partial charge in [-0.2, -0.15) is 0 Å². The van der Waals surface area contributed by atoms with Gasteiger partial charge in [0.25, 0.3) is 0 Å². The summed E-state index contributed by atoms with van der Waals surface area (Å²) in [4.78, 5) is 0. The predicted molar refractivity (Wildman–Crippen MR) is 69.9 cm³/mol. The normalized spacial score (nSPS) is 21.6. The molecule has 1 saturated heterocycles. The largest absolute Gasteiger partial charge is 0.378 e. The minimum absolute atomic E-state index is 0.00582. The highest BCUT2D eigenvalue weighted by Crippen LogP contribution is 2.18. The van der Waals surface area contributed by atoms with Crippen LogP contribution >= 0.6 is 11.6 Å². The number of rotatable bonds is 6. The minimum Gasteiger partial charge on any atom is -0.378 e. The maximum atomic E-state index is 12.0. The molecule has 0 bridgehead atoms. The van der Waals surface area contributed by atoms with Crippen LogP contribution in [0.25, 0.3) is 0 Å². The average molecular weight is 284 g/mol. The van der Waals surface area contributed by atoms with E-state index in [0.717, 1.165) is 12.8 Å². The summed E-state index contributed by atoms with van der Waals surface area (Å²) in [6.07, 6.45) is 1.81. The third-order valence-corrected chi connectivity index (χ3v) is 5.62. The summed E-state index contributed by atoms with van der Waals surface area (Å²) in [5.41, 5.74) is 0. The number of halogens is 1. The van der Waals surface area contributed by atoms with E-state index in [1.807, 2.05) is 13.8 Å². The number of hydrogen-bond donors (Lipinski definition) is 0. The molecule has 0 aromatic carbocycles. The highest BCUT2D eigenvalue weighted by molar-refractivity contribution is 7.89. The maximum absolute atomic E-state index is 12.0. The van der Waals surface area contributed by atoms with Crippen LogP contribution in [0, 0.1) is 5.92 Å². The Morgan fingerprint density at radius 3 is 2.47 bits per heavy atom. The molecular formula is C11H22ClNO3S. The van der Waals surface area contributed by atoms with Crippen LogP contribution in [0.1, 0.15) is 26.7 Å². The highest BCUT2D eigenvalue weighted by Gasteiger charge is 2.29. The molecule has 6 heteroatoms. The molecule has 0 spiro atoms. The Labute approximate surface area is 109 Å².